The molecule has 1 amide bonds. The summed E-state index contributed by atoms with van der Waals surface area (Å²) in [5, 5.41) is 20.2. The number of Topliss-reactive ketones (excluding diaryl/α,β-unsaturated/α-hetero) is 1. The zero-order valence-electron chi connectivity index (χ0n) is 8.91. The van der Waals surface area contributed by atoms with Gasteiger partial charge in [0.1, 0.15) is 6.04 Å². The number of β-lactam (4-membered cyclic amide) rings is 1. The molecule has 2 rings (SSSR count). The first-order valence-electron chi connectivity index (χ1n) is 5.12. The third-order valence-electron chi connectivity index (χ3n) is 3.48. The van der Waals surface area contributed by atoms with Crippen LogP contribution in [0, 0.1) is 11.8 Å². The number of aliphatic carboxylic acids is 1. The van der Waals surface area contributed by atoms with Crippen LogP contribution in [-0.2, 0) is 14.4 Å². The number of carboxylic acid groups (broad SMARTS) is 1. The van der Waals surface area contributed by atoms with Crippen molar-refractivity contribution in [3.63, 3.8) is 0 Å². The number of hydrogen-bond donors (Lipinski definition) is 1. The van der Waals surface area contributed by atoms with E-state index in [1.54, 1.807) is 6.92 Å². The summed E-state index contributed by atoms with van der Waals surface area (Å²) in [7, 11) is 0. The molecule has 6 heteroatoms. The summed E-state index contributed by atoms with van der Waals surface area (Å²) in [6, 6.07) is -1.97. The largest absolute Gasteiger partial charge is 0.547 e. The first-order chi connectivity index (χ1) is 7.37. The zero-order chi connectivity index (χ0) is 12.2. The minimum absolute atomic E-state index is 0.480. The van der Waals surface area contributed by atoms with Gasteiger partial charge in [0.15, 0.2) is 5.78 Å². The molecule has 2 fully saturated rings. The van der Waals surface area contributed by atoms with Gasteiger partial charge in [-0.1, -0.05) is 6.92 Å². The van der Waals surface area contributed by atoms with Gasteiger partial charge < -0.3 is 19.9 Å². The molecular weight excluding hydrogens is 214 g/mol. The van der Waals surface area contributed by atoms with Crippen molar-refractivity contribution in [2.75, 3.05) is 0 Å². The number of fused-ring (bicyclic) bond motifs is 1. The van der Waals surface area contributed by atoms with E-state index in [2.05, 4.69) is 0 Å². The number of ketones is 1. The third-order valence-corrected chi connectivity index (χ3v) is 3.48. The van der Waals surface area contributed by atoms with E-state index in [-0.39, 0.29) is 0 Å². The Balaban J connectivity index is 2.32. The van der Waals surface area contributed by atoms with Crippen molar-refractivity contribution in [1.29, 1.82) is 0 Å². The van der Waals surface area contributed by atoms with Gasteiger partial charge in [-0.15, -0.1) is 0 Å². The highest BCUT2D eigenvalue weighted by Gasteiger charge is 2.62. The molecule has 0 bridgehead atoms. The molecule has 16 heavy (non-hydrogen) atoms. The van der Waals surface area contributed by atoms with Gasteiger partial charge in [-0.25, -0.2) is 0 Å². The zero-order valence-corrected chi connectivity index (χ0v) is 8.91. The van der Waals surface area contributed by atoms with Gasteiger partial charge in [0.05, 0.1) is 24.0 Å². The minimum Gasteiger partial charge on any atom is -0.547 e. The lowest BCUT2D eigenvalue weighted by molar-refractivity contribution is -0.310. The Bertz CT molecular complexity index is 377. The van der Waals surface area contributed by atoms with Crippen LogP contribution in [0.2, 0.25) is 0 Å². The van der Waals surface area contributed by atoms with Gasteiger partial charge in [0, 0.05) is 5.92 Å². The molecule has 6 nitrogen and oxygen atoms in total. The summed E-state index contributed by atoms with van der Waals surface area (Å²) < 4.78 is 0. The molecule has 2 aliphatic heterocycles. The topological polar surface area (TPSA) is 97.7 Å². The Kier molecular flexibility index (Phi) is 2.27. The molecule has 1 unspecified atom stereocenters. The highest BCUT2D eigenvalue weighted by Crippen LogP contribution is 2.42. The monoisotopic (exact) mass is 226 g/mol. The molecule has 1 N–H and O–H groups in total. The second-order valence-electron chi connectivity index (χ2n) is 4.42. The molecule has 0 aliphatic carbocycles. The lowest BCUT2D eigenvalue weighted by Gasteiger charge is -2.47. The molecule has 0 aromatic carbocycles. The molecule has 2 aliphatic rings. The van der Waals surface area contributed by atoms with Gasteiger partial charge in [0.2, 0.25) is 5.91 Å². The summed E-state index contributed by atoms with van der Waals surface area (Å²) in [5.74, 6) is -3.76. The number of amides is 1. The minimum atomic E-state index is -1.54. The van der Waals surface area contributed by atoms with Crippen molar-refractivity contribution in [3.8, 4) is 0 Å². The average molecular weight is 226 g/mol. The molecule has 0 spiro atoms. The Morgan fingerprint density at radius 2 is 2.06 bits per heavy atom. The fourth-order valence-electron chi connectivity index (χ4n) is 2.68. The average Bonchev–Trinajstić information content (AvgIpc) is 2.38. The fourth-order valence-corrected chi connectivity index (χ4v) is 2.68. The first kappa shape index (κ1) is 11.1. The van der Waals surface area contributed by atoms with Crippen molar-refractivity contribution >= 4 is 17.7 Å². The summed E-state index contributed by atoms with van der Waals surface area (Å²) in [6.07, 6.45) is -0.871. The van der Waals surface area contributed by atoms with Crippen molar-refractivity contribution in [2.24, 2.45) is 11.8 Å². The quantitative estimate of drug-likeness (QED) is 0.415. The van der Waals surface area contributed by atoms with Crippen LogP contribution in [0.15, 0.2) is 0 Å². The van der Waals surface area contributed by atoms with Gasteiger partial charge in [0.25, 0.3) is 0 Å². The summed E-state index contributed by atoms with van der Waals surface area (Å²) >= 11 is 0. The Morgan fingerprint density at radius 3 is 2.50 bits per heavy atom. The normalized spacial score (nSPS) is 39.3. The second kappa shape index (κ2) is 3.28. The number of carbonyl (C=O) groups is 3. The summed E-state index contributed by atoms with van der Waals surface area (Å²) in [5.41, 5.74) is 0. The molecule has 0 saturated carbocycles. The molecule has 0 aromatic rings. The van der Waals surface area contributed by atoms with Crippen molar-refractivity contribution in [1.82, 2.24) is 4.90 Å². The maximum Gasteiger partial charge on any atom is 0.231 e. The number of aliphatic hydroxyl groups excluding tert-OH is 1. The SMILES string of the molecule is C[C@@H](O)[C@H]1C(=O)N2C(C(=O)[O-])C(=O)[C@H](C)[C@H]12. The van der Waals surface area contributed by atoms with Crippen LogP contribution in [0.4, 0.5) is 0 Å². The highest BCUT2D eigenvalue weighted by atomic mass is 16.4. The van der Waals surface area contributed by atoms with Gasteiger partial charge in [-0.2, -0.15) is 0 Å². The van der Waals surface area contributed by atoms with Crippen LogP contribution in [0.25, 0.3) is 0 Å². The molecule has 5 atom stereocenters. The first-order valence-corrected chi connectivity index (χ1v) is 5.12. The van der Waals surface area contributed by atoms with E-state index < -0.39 is 47.7 Å². The smallest absolute Gasteiger partial charge is 0.231 e. The van der Waals surface area contributed by atoms with Crippen LogP contribution in [0.5, 0.6) is 0 Å². The predicted octanol–water partition coefficient (Wildman–Crippen LogP) is -2.47. The number of carbonyl (C=O) groups excluding carboxylic acids is 3. The number of hydrogen-bond acceptors (Lipinski definition) is 5. The molecule has 88 valence electrons. The molecule has 2 heterocycles. The van der Waals surface area contributed by atoms with Crippen LogP contribution in [0.3, 0.4) is 0 Å². The number of nitrogens with zero attached hydrogens (tertiary/aromatic N) is 1. The number of aliphatic hydroxyl groups is 1. The molecule has 0 radical (unpaired) electrons. The Labute approximate surface area is 91.8 Å². The van der Waals surface area contributed by atoms with Crippen LogP contribution < -0.4 is 5.11 Å². The van der Waals surface area contributed by atoms with E-state index >= 15 is 0 Å². The lowest BCUT2D eigenvalue weighted by Crippen LogP contribution is -2.66. The summed E-state index contributed by atoms with van der Waals surface area (Å²) in [6.45, 7) is 3.04. The summed E-state index contributed by atoms with van der Waals surface area (Å²) in [4.78, 5) is 35.0. The van der Waals surface area contributed by atoms with E-state index in [1.807, 2.05) is 0 Å². The number of rotatable bonds is 2. The van der Waals surface area contributed by atoms with Crippen molar-refractivity contribution in [2.45, 2.75) is 32.0 Å². The van der Waals surface area contributed by atoms with E-state index in [4.69, 9.17) is 0 Å². The second-order valence-corrected chi connectivity index (χ2v) is 4.42. The fraction of sp³-hybridized carbons (Fsp3) is 0.700. The Hall–Kier alpha value is -1.43. The van der Waals surface area contributed by atoms with Crippen molar-refractivity contribution in [3.05, 3.63) is 0 Å². The van der Waals surface area contributed by atoms with E-state index in [0.717, 1.165) is 4.90 Å². The Morgan fingerprint density at radius 1 is 1.50 bits per heavy atom. The number of carboxylic acids is 1. The van der Waals surface area contributed by atoms with E-state index in [0.29, 0.717) is 0 Å². The van der Waals surface area contributed by atoms with Crippen LogP contribution in [0.1, 0.15) is 13.8 Å². The van der Waals surface area contributed by atoms with Gasteiger partial charge >= 0.3 is 0 Å². The van der Waals surface area contributed by atoms with Gasteiger partial charge in [-0.05, 0) is 6.92 Å². The third kappa shape index (κ3) is 1.13. The van der Waals surface area contributed by atoms with Crippen LogP contribution >= 0.6 is 0 Å². The van der Waals surface area contributed by atoms with E-state index in [9.17, 15) is 24.6 Å². The van der Waals surface area contributed by atoms with Gasteiger partial charge in [-0.3, -0.25) is 9.59 Å². The molecular formula is C10H12NO5-. The lowest BCUT2D eigenvalue weighted by atomic mass is 9.79. The highest BCUT2D eigenvalue weighted by molar-refractivity contribution is 6.11. The maximum atomic E-state index is 11.6. The predicted molar refractivity (Wildman–Crippen MR) is 48.8 cm³/mol. The molecule has 0 aromatic heterocycles. The van der Waals surface area contributed by atoms with Crippen molar-refractivity contribution < 1.29 is 24.6 Å². The van der Waals surface area contributed by atoms with Crippen LogP contribution in [-0.4, -0.2) is 45.9 Å². The standard InChI is InChI=1S/C10H13NO5/c1-3-6-5(4(2)12)9(14)11(6)7(8(3)13)10(15)16/h3-7,12H,1-2H3,(H,15,16)/p-1/t3-,4-,5-,6-,7?/m1/s1. The molecule has 2 saturated heterocycles. The maximum absolute atomic E-state index is 11.6. The van der Waals surface area contributed by atoms with E-state index in [1.165, 1.54) is 6.92 Å².